The molecule has 10 heteroatoms. The number of thiophene rings is 1. The highest BCUT2D eigenvalue weighted by atomic mass is 32.2. The lowest BCUT2D eigenvalue weighted by Gasteiger charge is -2.25. The van der Waals surface area contributed by atoms with Crippen LogP contribution in [0.5, 0.6) is 0 Å². The molecule has 3 amide bonds. The van der Waals surface area contributed by atoms with E-state index in [1.54, 1.807) is 4.90 Å². The van der Waals surface area contributed by atoms with Crippen molar-refractivity contribution in [3.63, 3.8) is 0 Å². The standard InChI is InChI=1S/C32H35N3O5S2/c1-20(36)35-17-16-25-26(19-35)42-31(27(25)32(39)40-2)34-30(38)28(21-10-5-3-6-11-21)41-24-15-9-14-23(18-24)33-29(37)22-12-7-4-8-13-22/h3,5-6,9-11,14-15,18,22,28H,4,7-8,12-13,16-17,19H2,1-2H3,(H,33,37)(H,34,38). The van der Waals surface area contributed by atoms with E-state index in [1.165, 1.54) is 43.6 Å². The van der Waals surface area contributed by atoms with E-state index in [2.05, 4.69) is 10.6 Å². The molecule has 2 N–H and O–H groups in total. The second kappa shape index (κ2) is 13.6. The van der Waals surface area contributed by atoms with E-state index in [9.17, 15) is 19.2 Å². The molecule has 1 fully saturated rings. The number of carbonyl (C=O) groups is 4. The highest BCUT2D eigenvalue weighted by molar-refractivity contribution is 8.00. The van der Waals surface area contributed by atoms with Gasteiger partial charge in [-0.3, -0.25) is 14.4 Å². The third-order valence-electron chi connectivity index (χ3n) is 7.80. The number of nitrogens with zero attached hydrogens (tertiary/aromatic N) is 1. The Labute approximate surface area is 254 Å². The summed E-state index contributed by atoms with van der Waals surface area (Å²) >= 11 is 2.69. The van der Waals surface area contributed by atoms with Crippen molar-refractivity contribution >= 4 is 57.5 Å². The van der Waals surface area contributed by atoms with E-state index in [0.29, 0.717) is 35.8 Å². The van der Waals surface area contributed by atoms with Gasteiger partial charge in [-0.2, -0.15) is 0 Å². The van der Waals surface area contributed by atoms with E-state index in [4.69, 9.17) is 4.74 Å². The van der Waals surface area contributed by atoms with Gasteiger partial charge in [0.05, 0.1) is 19.2 Å². The predicted octanol–water partition coefficient (Wildman–Crippen LogP) is 6.43. The van der Waals surface area contributed by atoms with Crippen LogP contribution in [-0.2, 0) is 32.1 Å². The Morgan fingerprint density at radius 2 is 1.76 bits per heavy atom. The summed E-state index contributed by atoms with van der Waals surface area (Å²) in [5.74, 6) is -0.730. The number of benzene rings is 2. The number of nitrogens with one attached hydrogen (secondary N) is 2. The lowest BCUT2D eigenvalue weighted by molar-refractivity contribution is -0.129. The molecule has 2 heterocycles. The largest absolute Gasteiger partial charge is 0.465 e. The number of methoxy groups -OCH3 is 1. The van der Waals surface area contributed by atoms with Crippen LogP contribution in [0.1, 0.15) is 70.6 Å². The molecule has 220 valence electrons. The van der Waals surface area contributed by atoms with Crippen molar-refractivity contribution < 1.29 is 23.9 Å². The molecule has 1 aliphatic carbocycles. The predicted molar refractivity (Wildman–Crippen MR) is 166 cm³/mol. The van der Waals surface area contributed by atoms with Gasteiger partial charge in [0, 0.05) is 34.8 Å². The average molecular weight is 606 g/mol. The second-order valence-corrected chi connectivity index (χ2v) is 12.9. The minimum absolute atomic E-state index is 0.0306. The van der Waals surface area contributed by atoms with E-state index >= 15 is 0 Å². The Balaban J connectivity index is 1.39. The van der Waals surface area contributed by atoms with Gasteiger partial charge in [0.2, 0.25) is 17.7 Å². The normalized spacial score (nSPS) is 15.8. The van der Waals surface area contributed by atoms with Gasteiger partial charge in [-0.05, 0) is 48.6 Å². The van der Waals surface area contributed by atoms with Crippen molar-refractivity contribution in [2.75, 3.05) is 24.3 Å². The summed E-state index contributed by atoms with van der Waals surface area (Å²) in [5, 5.41) is 5.89. The van der Waals surface area contributed by atoms with Crippen LogP contribution in [0.15, 0.2) is 59.5 Å². The SMILES string of the molecule is COC(=O)c1c(NC(=O)C(Sc2cccc(NC(=O)C3CCCCC3)c2)c2ccccc2)sc2c1CCN(C(C)=O)C2. The summed E-state index contributed by atoms with van der Waals surface area (Å²) < 4.78 is 5.08. The van der Waals surface area contributed by atoms with Gasteiger partial charge in [0.15, 0.2) is 0 Å². The molecule has 8 nitrogen and oxygen atoms in total. The number of amides is 3. The minimum atomic E-state index is -0.631. The molecule has 1 atom stereocenters. The fraction of sp³-hybridized carbons (Fsp3) is 0.375. The Hall–Kier alpha value is -3.63. The molecule has 5 rings (SSSR count). The first-order chi connectivity index (χ1) is 20.3. The van der Waals surface area contributed by atoms with E-state index in [0.717, 1.165) is 46.6 Å². The maximum Gasteiger partial charge on any atom is 0.341 e. The van der Waals surface area contributed by atoms with Crippen LogP contribution in [0, 0.1) is 5.92 Å². The lowest BCUT2D eigenvalue weighted by Crippen LogP contribution is -2.33. The first-order valence-corrected chi connectivity index (χ1v) is 16.0. The molecule has 2 aliphatic rings. The summed E-state index contributed by atoms with van der Waals surface area (Å²) in [6, 6.07) is 17.0. The molecule has 0 bridgehead atoms. The zero-order valence-electron chi connectivity index (χ0n) is 23.8. The lowest BCUT2D eigenvalue weighted by atomic mass is 9.88. The smallest absolute Gasteiger partial charge is 0.341 e. The van der Waals surface area contributed by atoms with E-state index < -0.39 is 11.2 Å². The molecule has 42 heavy (non-hydrogen) atoms. The molecule has 1 aromatic heterocycles. The summed E-state index contributed by atoms with van der Waals surface area (Å²) in [6.07, 6.45) is 5.71. The number of anilines is 2. The Morgan fingerprint density at radius 1 is 1.00 bits per heavy atom. The van der Waals surface area contributed by atoms with Gasteiger partial charge in [-0.1, -0.05) is 55.7 Å². The summed E-state index contributed by atoms with van der Waals surface area (Å²) in [7, 11) is 1.32. The summed E-state index contributed by atoms with van der Waals surface area (Å²) in [6.45, 7) is 2.43. The zero-order valence-corrected chi connectivity index (χ0v) is 25.4. The van der Waals surface area contributed by atoms with Gasteiger partial charge >= 0.3 is 5.97 Å². The molecule has 0 spiro atoms. The average Bonchev–Trinajstić information content (AvgIpc) is 3.37. The number of thioether (sulfide) groups is 1. The van der Waals surface area contributed by atoms with Crippen LogP contribution < -0.4 is 10.6 Å². The number of hydrogen-bond acceptors (Lipinski definition) is 7. The summed E-state index contributed by atoms with van der Waals surface area (Å²) in [4.78, 5) is 55.0. The molecule has 0 saturated heterocycles. The third kappa shape index (κ3) is 6.87. The number of rotatable bonds is 8. The van der Waals surface area contributed by atoms with E-state index in [1.807, 2.05) is 54.6 Å². The van der Waals surface area contributed by atoms with Crippen LogP contribution in [-0.4, -0.2) is 42.2 Å². The van der Waals surface area contributed by atoms with Crippen molar-refractivity contribution in [1.29, 1.82) is 0 Å². The molecular formula is C32H35N3O5S2. The number of hydrogen-bond donors (Lipinski definition) is 2. The molecule has 0 radical (unpaired) electrons. The van der Waals surface area contributed by atoms with Crippen LogP contribution in [0.2, 0.25) is 0 Å². The maximum atomic E-state index is 13.9. The molecule has 2 aromatic carbocycles. The molecule has 3 aromatic rings. The number of ether oxygens (including phenoxy) is 1. The van der Waals surface area contributed by atoms with Crippen LogP contribution in [0.25, 0.3) is 0 Å². The molecule has 1 unspecified atom stereocenters. The zero-order chi connectivity index (χ0) is 29.6. The Kier molecular flexibility index (Phi) is 9.64. The van der Waals surface area contributed by atoms with Gasteiger partial charge in [0.1, 0.15) is 10.3 Å². The highest BCUT2D eigenvalue weighted by Crippen LogP contribution is 2.41. The highest BCUT2D eigenvalue weighted by Gasteiger charge is 2.32. The van der Waals surface area contributed by atoms with Gasteiger partial charge in [-0.15, -0.1) is 23.1 Å². The van der Waals surface area contributed by atoms with Gasteiger partial charge in [0.25, 0.3) is 0 Å². The maximum absolute atomic E-state index is 13.9. The first-order valence-electron chi connectivity index (χ1n) is 14.3. The molecular weight excluding hydrogens is 571 g/mol. The van der Waals surface area contributed by atoms with Crippen LogP contribution >= 0.6 is 23.1 Å². The fourth-order valence-corrected chi connectivity index (χ4v) is 7.89. The Bertz CT molecular complexity index is 1470. The van der Waals surface area contributed by atoms with Gasteiger partial charge in [-0.25, -0.2) is 4.79 Å². The number of fused-ring (bicyclic) bond motifs is 1. The molecule has 1 aliphatic heterocycles. The number of esters is 1. The van der Waals surface area contributed by atoms with E-state index in [-0.39, 0.29) is 23.6 Å². The quantitative estimate of drug-likeness (QED) is 0.227. The van der Waals surface area contributed by atoms with Crippen molar-refractivity contribution in [3.05, 3.63) is 76.2 Å². The van der Waals surface area contributed by atoms with Crippen molar-refractivity contribution in [2.24, 2.45) is 5.92 Å². The molecule has 1 saturated carbocycles. The Morgan fingerprint density at radius 3 is 2.48 bits per heavy atom. The van der Waals surface area contributed by atoms with Crippen molar-refractivity contribution in [2.45, 2.75) is 62.1 Å². The fourth-order valence-electron chi connectivity index (χ4n) is 5.55. The van der Waals surface area contributed by atoms with Crippen LogP contribution in [0.3, 0.4) is 0 Å². The minimum Gasteiger partial charge on any atom is -0.465 e. The third-order valence-corrected chi connectivity index (χ3v) is 10.2. The monoisotopic (exact) mass is 605 g/mol. The topological polar surface area (TPSA) is 105 Å². The first kappa shape index (κ1) is 29.8. The second-order valence-electron chi connectivity index (χ2n) is 10.6. The number of carbonyl (C=O) groups excluding carboxylic acids is 4. The van der Waals surface area contributed by atoms with Crippen molar-refractivity contribution in [1.82, 2.24) is 4.90 Å². The van der Waals surface area contributed by atoms with Crippen molar-refractivity contribution in [3.8, 4) is 0 Å². The van der Waals surface area contributed by atoms with Crippen LogP contribution in [0.4, 0.5) is 10.7 Å². The van der Waals surface area contributed by atoms with Gasteiger partial charge < -0.3 is 20.3 Å². The summed E-state index contributed by atoms with van der Waals surface area (Å²) in [5.41, 5.74) is 2.69.